The molecule has 2 aliphatic rings. The van der Waals surface area contributed by atoms with Crippen molar-refractivity contribution >= 4 is 40.0 Å². The molecular weight excluding hydrogens is 318 g/mol. The van der Waals surface area contributed by atoms with Gasteiger partial charge in [-0.2, -0.15) is 0 Å². The lowest BCUT2D eigenvalue weighted by Gasteiger charge is -2.38. The van der Waals surface area contributed by atoms with E-state index in [-0.39, 0.29) is 24.8 Å². The van der Waals surface area contributed by atoms with Gasteiger partial charge < -0.3 is 5.32 Å². The molecule has 2 aliphatic heterocycles. The van der Waals surface area contributed by atoms with Gasteiger partial charge in [0.05, 0.1) is 11.1 Å². The summed E-state index contributed by atoms with van der Waals surface area (Å²) in [6, 6.07) is 0.112. The lowest BCUT2D eigenvalue weighted by Crippen LogP contribution is -2.62. The maximum atomic E-state index is 12.8. The molecule has 23 heavy (non-hydrogen) atoms. The number of nitrogens with one attached hydrogen (secondary N) is 2. The van der Waals surface area contributed by atoms with E-state index in [4.69, 9.17) is 0 Å². The predicted octanol–water partition coefficient (Wildman–Crippen LogP) is 1.36. The third-order valence-corrected chi connectivity index (χ3v) is 5.05. The maximum Gasteiger partial charge on any atom is 0.265 e. The number of rotatable bonds is 3. The van der Waals surface area contributed by atoms with E-state index in [0.717, 1.165) is 4.90 Å². The monoisotopic (exact) mass is 335 g/mol. The molecule has 0 radical (unpaired) electrons. The van der Waals surface area contributed by atoms with Crippen LogP contribution in [0.4, 0.5) is 5.00 Å². The third-order valence-electron chi connectivity index (χ3n) is 4.14. The molecule has 1 saturated heterocycles. The minimum Gasteiger partial charge on any atom is -0.374 e. The Morgan fingerprint density at radius 1 is 1.26 bits per heavy atom. The standard InChI is InChI=1S/C15H17N3O4S/c1-7(2)16-11-10-8(6-23-11)12(20)18(13(10)21)15(3)5-4-9(19)17-14(15)22/h6-7,16H,4-5H2,1-3H3,(H,17,19,22). The van der Waals surface area contributed by atoms with E-state index in [1.165, 1.54) is 18.3 Å². The number of anilines is 1. The highest BCUT2D eigenvalue weighted by molar-refractivity contribution is 7.15. The third kappa shape index (κ3) is 2.24. The van der Waals surface area contributed by atoms with Gasteiger partial charge in [0.25, 0.3) is 17.7 Å². The van der Waals surface area contributed by atoms with E-state index >= 15 is 0 Å². The number of carbonyl (C=O) groups excluding carboxylic acids is 4. The van der Waals surface area contributed by atoms with Crippen molar-refractivity contribution in [1.29, 1.82) is 0 Å². The molecule has 8 heteroatoms. The Morgan fingerprint density at radius 2 is 1.96 bits per heavy atom. The topological polar surface area (TPSA) is 95.6 Å². The van der Waals surface area contributed by atoms with Crippen molar-refractivity contribution in [2.45, 2.75) is 45.2 Å². The summed E-state index contributed by atoms with van der Waals surface area (Å²) < 4.78 is 0. The van der Waals surface area contributed by atoms with Gasteiger partial charge >= 0.3 is 0 Å². The summed E-state index contributed by atoms with van der Waals surface area (Å²) in [6.45, 7) is 5.40. The number of imide groups is 2. The average Bonchev–Trinajstić information content (AvgIpc) is 2.96. The second-order valence-electron chi connectivity index (χ2n) is 6.25. The van der Waals surface area contributed by atoms with Gasteiger partial charge in [-0.25, -0.2) is 0 Å². The second kappa shape index (κ2) is 5.16. The predicted molar refractivity (Wildman–Crippen MR) is 84.4 cm³/mol. The maximum absolute atomic E-state index is 12.8. The number of amides is 4. The highest BCUT2D eigenvalue weighted by Gasteiger charge is 2.53. The quantitative estimate of drug-likeness (QED) is 0.813. The molecule has 122 valence electrons. The number of hydrogen-bond acceptors (Lipinski definition) is 6. The van der Waals surface area contributed by atoms with Crippen molar-refractivity contribution in [3.8, 4) is 0 Å². The van der Waals surface area contributed by atoms with Crippen LogP contribution in [0.3, 0.4) is 0 Å². The SMILES string of the molecule is CC(C)Nc1scc2c1C(=O)N(C1(C)CCC(=O)NC1=O)C2=O. The Hall–Kier alpha value is -2.22. The number of thiophene rings is 1. The van der Waals surface area contributed by atoms with Crippen LogP contribution in [0, 0.1) is 0 Å². The smallest absolute Gasteiger partial charge is 0.265 e. The van der Waals surface area contributed by atoms with Crippen LogP contribution in [-0.2, 0) is 9.59 Å². The van der Waals surface area contributed by atoms with Crippen LogP contribution >= 0.6 is 11.3 Å². The molecule has 1 unspecified atom stereocenters. The molecule has 1 aromatic heterocycles. The van der Waals surface area contributed by atoms with Gasteiger partial charge in [-0.05, 0) is 27.2 Å². The van der Waals surface area contributed by atoms with Crippen LogP contribution in [0.25, 0.3) is 0 Å². The minimum absolute atomic E-state index is 0.100. The number of nitrogens with zero attached hydrogens (tertiary/aromatic N) is 1. The van der Waals surface area contributed by atoms with Crippen LogP contribution in [0.5, 0.6) is 0 Å². The Labute approximate surface area is 137 Å². The Kier molecular flexibility index (Phi) is 3.51. The summed E-state index contributed by atoms with van der Waals surface area (Å²) >= 11 is 1.30. The summed E-state index contributed by atoms with van der Waals surface area (Å²) in [7, 11) is 0. The Balaban J connectivity index is 1.99. The molecule has 1 aromatic rings. The molecule has 3 rings (SSSR count). The van der Waals surface area contributed by atoms with Crippen LogP contribution < -0.4 is 10.6 Å². The molecule has 0 spiro atoms. The van der Waals surface area contributed by atoms with Crippen LogP contribution in [-0.4, -0.2) is 40.1 Å². The van der Waals surface area contributed by atoms with E-state index in [2.05, 4.69) is 10.6 Å². The van der Waals surface area contributed by atoms with Crippen molar-refractivity contribution in [2.24, 2.45) is 0 Å². The molecule has 0 saturated carbocycles. The molecule has 0 aromatic carbocycles. The van der Waals surface area contributed by atoms with Gasteiger partial charge in [0.15, 0.2) is 0 Å². The molecule has 7 nitrogen and oxygen atoms in total. The first kappa shape index (κ1) is 15.7. The first-order valence-electron chi connectivity index (χ1n) is 7.37. The van der Waals surface area contributed by atoms with Crippen molar-refractivity contribution in [3.05, 3.63) is 16.5 Å². The van der Waals surface area contributed by atoms with Gasteiger partial charge in [-0.3, -0.25) is 29.4 Å². The molecule has 2 N–H and O–H groups in total. The Morgan fingerprint density at radius 3 is 2.57 bits per heavy atom. The van der Waals surface area contributed by atoms with E-state index < -0.39 is 23.3 Å². The fourth-order valence-corrected chi connectivity index (χ4v) is 3.95. The molecule has 1 fully saturated rings. The summed E-state index contributed by atoms with van der Waals surface area (Å²) in [5.41, 5.74) is -0.706. The largest absolute Gasteiger partial charge is 0.374 e. The first-order chi connectivity index (χ1) is 10.8. The van der Waals surface area contributed by atoms with E-state index in [1.807, 2.05) is 13.8 Å². The molecule has 3 heterocycles. The number of hydrogen-bond donors (Lipinski definition) is 2. The minimum atomic E-state index is -1.34. The summed E-state index contributed by atoms with van der Waals surface area (Å²) in [6.07, 6.45) is 0.235. The first-order valence-corrected chi connectivity index (χ1v) is 8.25. The Bertz CT molecular complexity index is 739. The van der Waals surface area contributed by atoms with Gasteiger partial charge in [0.2, 0.25) is 5.91 Å². The van der Waals surface area contributed by atoms with Gasteiger partial charge in [0.1, 0.15) is 10.5 Å². The van der Waals surface area contributed by atoms with Crippen molar-refractivity contribution in [2.75, 3.05) is 5.32 Å². The number of fused-ring (bicyclic) bond motifs is 1. The normalized spacial score (nSPS) is 24.3. The van der Waals surface area contributed by atoms with E-state index in [1.54, 1.807) is 5.38 Å². The van der Waals surface area contributed by atoms with Gasteiger partial charge in [0, 0.05) is 17.8 Å². The molecule has 1 atom stereocenters. The van der Waals surface area contributed by atoms with Crippen molar-refractivity contribution in [1.82, 2.24) is 10.2 Å². The molecule has 4 amide bonds. The van der Waals surface area contributed by atoms with E-state index in [9.17, 15) is 19.2 Å². The zero-order chi connectivity index (χ0) is 16.9. The number of piperidine rings is 1. The highest BCUT2D eigenvalue weighted by atomic mass is 32.1. The molecule has 0 bridgehead atoms. The van der Waals surface area contributed by atoms with Crippen LogP contribution in [0.2, 0.25) is 0 Å². The summed E-state index contributed by atoms with van der Waals surface area (Å²) in [5, 5.41) is 7.64. The van der Waals surface area contributed by atoms with Crippen molar-refractivity contribution in [3.63, 3.8) is 0 Å². The highest BCUT2D eigenvalue weighted by Crippen LogP contribution is 2.40. The van der Waals surface area contributed by atoms with Gasteiger partial charge in [-0.15, -0.1) is 11.3 Å². The molecule has 0 aliphatic carbocycles. The van der Waals surface area contributed by atoms with Crippen molar-refractivity contribution < 1.29 is 19.2 Å². The summed E-state index contributed by atoms with van der Waals surface area (Å²) in [5.74, 6) is -1.96. The summed E-state index contributed by atoms with van der Waals surface area (Å²) in [4.78, 5) is 50.1. The molecular formula is C15H17N3O4S. The second-order valence-corrected chi connectivity index (χ2v) is 7.13. The van der Waals surface area contributed by atoms with Crippen LogP contribution in [0.15, 0.2) is 5.38 Å². The van der Waals surface area contributed by atoms with Crippen LogP contribution in [0.1, 0.15) is 54.3 Å². The average molecular weight is 335 g/mol. The fourth-order valence-electron chi connectivity index (χ4n) is 2.88. The lowest BCUT2D eigenvalue weighted by molar-refractivity contribution is -0.140. The van der Waals surface area contributed by atoms with E-state index in [0.29, 0.717) is 16.1 Å². The fraction of sp³-hybridized carbons (Fsp3) is 0.467. The van der Waals surface area contributed by atoms with Gasteiger partial charge in [-0.1, -0.05) is 0 Å². The zero-order valence-electron chi connectivity index (χ0n) is 13.1. The zero-order valence-corrected chi connectivity index (χ0v) is 13.9. The lowest BCUT2D eigenvalue weighted by atomic mass is 9.89. The number of carbonyl (C=O) groups is 4.